The first-order valence-corrected chi connectivity index (χ1v) is 7.91. The minimum absolute atomic E-state index is 0.248. The Morgan fingerprint density at radius 2 is 1.80 bits per heavy atom. The third-order valence-corrected chi connectivity index (χ3v) is 3.27. The predicted octanol–water partition coefficient (Wildman–Crippen LogP) is 2.38. The van der Waals surface area contributed by atoms with Crippen molar-refractivity contribution in [1.29, 1.82) is 0 Å². The molecular formula is C18H21N3O4. The summed E-state index contributed by atoms with van der Waals surface area (Å²) in [7, 11) is 1.57. The summed E-state index contributed by atoms with van der Waals surface area (Å²) in [5.41, 5.74) is 2.36. The van der Waals surface area contributed by atoms with Gasteiger partial charge in [-0.25, -0.2) is 9.78 Å². The fraction of sp³-hybridized carbons (Fsp3) is 0.278. The van der Waals surface area contributed by atoms with Crippen molar-refractivity contribution < 1.29 is 19.1 Å². The average Bonchev–Trinajstić information content (AvgIpc) is 2.63. The summed E-state index contributed by atoms with van der Waals surface area (Å²) in [6.45, 7) is 3.00. The van der Waals surface area contributed by atoms with Gasteiger partial charge >= 0.3 is 5.97 Å². The van der Waals surface area contributed by atoms with E-state index < -0.39 is 0 Å². The molecule has 25 heavy (non-hydrogen) atoms. The normalized spacial score (nSPS) is 10.2. The number of carbonyl (C=O) groups is 2. The minimum Gasteiger partial charge on any atom is -0.462 e. The van der Waals surface area contributed by atoms with E-state index in [1.807, 2.05) is 0 Å². The molecular weight excluding hydrogens is 322 g/mol. The molecule has 2 aromatic rings. The molecule has 0 fully saturated rings. The van der Waals surface area contributed by atoms with Gasteiger partial charge in [0, 0.05) is 19.3 Å². The largest absolute Gasteiger partial charge is 0.462 e. The molecule has 0 radical (unpaired) electrons. The highest BCUT2D eigenvalue weighted by molar-refractivity contribution is 5.92. The Bertz CT molecular complexity index is 699. The van der Waals surface area contributed by atoms with Crippen LogP contribution in [0.3, 0.4) is 0 Å². The van der Waals surface area contributed by atoms with Crippen molar-refractivity contribution in [1.82, 2.24) is 10.3 Å². The lowest BCUT2D eigenvalue weighted by atomic mass is 10.2. The summed E-state index contributed by atoms with van der Waals surface area (Å²) in [6, 6.07) is 10.3. The van der Waals surface area contributed by atoms with Crippen LogP contribution in [-0.4, -0.2) is 43.7 Å². The first-order chi connectivity index (χ1) is 12.1. The molecule has 1 heterocycles. The third-order valence-electron chi connectivity index (χ3n) is 3.27. The SMILES string of the molecule is CCOC(=O)c1ccc(Nc2ccc(C(=O)NCCOC)nc2)cc1. The summed E-state index contributed by atoms with van der Waals surface area (Å²) >= 11 is 0. The third kappa shape index (κ3) is 5.58. The zero-order valence-corrected chi connectivity index (χ0v) is 14.2. The summed E-state index contributed by atoms with van der Waals surface area (Å²) in [4.78, 5) is 27.6. The molecule has 7 heteroatoms. The predicted molar refractivity (Wildman–Crippen MR) is 94.1 cm³/mol. The first-order valence-electron chi connectivity index (χ1n) is 7.91. The van der Waals surface area contributed by atoms with Crippen LogP contribution in [0.5, 0.6) is 0 Å². The smallest absolute Gasteiger partial charge is 0.338 e. The molecule has 0 saturated heterocycles. The van der Waals surface area contributed by atoms with Crippen molar-refractivity contribution in [3.63, 3.8) is 0 Å². The van der Waals surface area contributed by atoms with Crippen LogP contribution in [0.15, 0.2) is 42.6 Å². The number of esters is 1. The van der Waals surface area contributed by atoms with Crippen LogP contribution in [0.2, 0.25) is 0 Å². The minimum atomic E-state index is -0.348. The molecule has 0 aliphatic rings. The summed E-state index contributed by atoms with van der Waals surface area (Å²) < 4.78 is 9.82. The Morgan fingerprint density at radius 3 is 2.40 bits per heavy atom. The standard InChI is InChI=1S/C18H21N3O4/c1-3-25-18(23)13-4-6-14(7-5-13)21-15-8-9-16(20-12-15)17(22)19-10-11-24-2/h4-9,12,21H,3,10-11H2,1-2H3,(H,19,22). The molecule has 0 aliphatic carbocycles. The van der Waals surface area contributed by atoms with Crippen LogP contribution in [0, 0.1) is 0 Å². The summed E-state index contributed by atoms with van der Waals surface area (Å²) in [5.74, 6) is -0.595. The number of anilines is 2. The molecule has 1 aromatic heterocycles. The Kier molecular flexibility index (Phi) is 6.91. The molecule has 0 unspecified atom stereocenters. The van der Waals surface area contributed by atoms with Gasteiger partial charge in [0.25, 0.3) is 5.91 Å². The fourth-order valence-corrected chi connectivity index (χ4v) is 2.03. The zero-order chi connectivity index (χ0) is 18.1. The van der Waals surface area contributed by atoms with Gasteiger partial charge < -0.3 is 20.1 Å². The van der Waals surface area contributed by atoms with Gasteiger partial charge in [0.1, 0.15) is 5.69 Å². The summed E-state index contributed by atoms with van der Waals surface area (Å²) in [6.07, 6.45) is 1.57. The highest BCUT2D eigenvalue weighted by Gasteiger charge is 2.07. The van der Waals surface area contributed by atoms with Crippen molar-refractivity contribution in [2.24, 2.45) is 0 Å². The van der Waals surface area contributed by atoms with Gasteiger partial charge in [-0.3, -0.25) is 4.79 Å². The molecule has 0 spiro atoms. The molecule has 0 saturated carbocycles. The van der Waals surface area contributed by atoms with Crippen molar-refractivity contribution in [2.75, 3.05) is 32.2 Å². The van der Waals surface area contributed by atoms with Crippen molar-refractivity contribution >= 4 is 23.3 Å². The number of benzene rings is 1. The van der Waals surface area contributed by atoms with E-state index in [0.717, 1.165) is 11.4 Å². The van der Waals surface area contributed by atoms with Crippen molar-refractivity contribution in [2.45, 2.75) is 6.92 Å². The molecule has 0 aliphatic heterocycles. The van der Waals surface area contributed by atoms with E-state index in [4.69, 9.17) is 9.47 Å². The highest BCUT2D eigenvalue weighted by Crippen LogP contribution is 2.17. The molecule has 7 nitrogen and oxygen atoms in total. The maximum absolute atomic E-state index is 11.9. The topological polar surface area (TPSA) is 89.5 Å². The van der Waals surface area contributed by atoms with Gasteiger partial charge in [-0.05, 0) is 43.3 Å². The van der Waals surface area contributed by atoms with Crippen LogP contribution in [0.1, 0.15) is 27.8 Å². The van der Waals surface area contributed by atoms with Crippen molar-refractivity contribution in [3.05, 3.63) is 53.9 Å². The van der Waals surface area contributed by atoms with Crippen LogP contribution in [0.4, 0.5) is 11.4 Å². The zero-order valence-electron chi connectivity index (χ0n) is 14.2. The molecule has 2 rings (SSSR count). The quantitative estimate of drug-likeness (QED) is 0.565. The van der Waals surface area contributed by atoms with Gasteiger partial charge in [0.15, 0.2) is 0 Å². The number of hydrogen-bond acceptors (Lipinski definition) is 6. The number of aromatic nitrogens is 1. The van der Waals surface area contributed by atoms with E-state index in [-0.39, 0.29) is 11.9 Å². The lowest BCUT2D eigenvalue weighted by molar-refractivity contribution is 0.0526. The van der Waals surface area contributed by atoms with E-state index in [1.165, 1.54) is 0 Å². The maximum atomic E-state index is 11.9. The molecule has 1 amide bonds. The average molecular weight is 343 g/mol. The number of rotatable bonds is 8. The lowest BCUT2D eigenvalue weighted by Crippen LogP contribution is -2.27. The van der Waals surface area contributed by atoms with Crippen molar-refractivity contribution in [3.8, 4) is 0 Å². The Morgan fingerprint density at radius 1 is 1.08 bits per heavy atom. The second kappa shape index (κ2) is 9.39. The Labute approximate surface area is 146 Å². The van der Waals surface area contributed by atoms with E-state index in [1.54, 1.807) is 56.6 Å². The second-order valence-electron chi connectivity index (χ2n) is 5.10. The Balaban J connectivity index is 1.94. The second-order valence-corrected chi connectivity index (χ2v) is 5.10. The maximum Gasteiger partial charge on any atom is 0.338 e. The highest BCUT2D eigenvalue weighted by atomic mass is 16.5. The van der Waals surface area contributed by atoms with Gasteiger partial charge in [0.05, 0.1) is 30.7 Å². The van der Waals surface area contributed by atoms with Crippen LogP contribution < -0.4 is 10.6 Å². The molecule has 132 valence electrons. The number of pyridine rings is 1. The number of nitrogens with one attached hydrogen (secondary N) is 2. The van der Waals surface area contributed by atoms with Crippen LogP contribution in [0.25, 0.3) is 0 Å². The number of nitrogens with zero attached hydrogens (tertiary/aromatic N) is 1. The molecule has 0 atom stereocenters. The van der Waals surface area contributed by atoms with Crippen LogP contribution >= 0.6 is 0 Å². The number of amides is 1. The number of ether oxygens (including phenoxy) is 2. The molecule has 2 N–H and O–H groups in total. The van der Waals surface area contributed by atoms with E-state index in [9.17, 15) is 9.59 Å². The molecule has 1 aromatic carbocycles. The van der Waals surface area contributed by atoms with E-state index in [2.05, 4.69) is 15.6 Å². The fourth-order valence-electron chi connectivity index (χ4n) is 2.03. The van der Waals surface area contributed by atoms with E-state index >= 15 is 0 Å². The summed E-state index contributed by atoms with van der Waals surface area (Å²) in [5, 5.41) is 5.86. The molecule has 0 bridgehead atoms. The lowest BCUT2D eigenvalue weighted by Gasteiger charge is -2.08. The van der Waals surface area contributed by atoms with Gasteiger partial charge in [-0.15, -0.1) is 0 Å². The Hall–Kier alpha value is -2.93. The number of methoxy groups -OCH3 is 1. The van der Waals surface area contributed by atoms with E-state index in [0.29, 0.717) is 31.0 Å². The van der Waals surface area contributed by atoms with Crippen LogP contribution in [-0.2, 0) is 9.47 Å². The monoisotopic (exact) mass is 343 g/mol. The number of carbonyl (C=O) groups excluding carboxylic acids is 2. The van der Waals surface area contributed by atoms with Gasteiger partial charge in [-0.1, -0.05) is 0 Å². The van der Waals surface area contributed by atoms with Gasteiger partial charge in [0.2, 0.25) is 0 Å². The van der Waals surface area contributed by atoms with Gasteiger partial charge in [-0.2, -0.15) is 0 Å². The first kappa shape index (κ1) is 18.4. The number of hydrogen-bond donors (Lipinski definition) is 2.